The van der Waals surface area contributed by atoms with Crippen molar-refractivity contribution in [3.05, 3.63) is 10.1 Å². The second-order valence-corrected chi connectivity index (χ2v) is 9.29. The van der Waals surface area contributed by atoms with E-state index in [1.807, 2.05) is 0 Å². The number of halogens is 8. The molecular weight excluding hydrogens is 404 g/mol. The molecule has 8 heteroatoms. The lowest BCUT2D eigenvalue weighted by molar-refractivity contribution is 0.385. The average molecular weight is 410 g/mol. The zero-order valence-electron chi connectivity index (χ0n) is 8.54. The molecule has 0 N–H and O–H groups in total. The molecule has 0 aliphatic heterocycles. The van der Waals surface area contributed by atoms with Crippen LogP contribution in [0.1, 0.15) is 6.42 Å². The smallest absolute Gasteiger partial charge is 0.121 e. The summed E-state index contributed by atoms with van der Waals surface area (Å²) in [5.41, 5.74) is 0. The summed E-state index contributed by atoms with van der Waals surface area (Å²) in [6.07, 6.45) is 0.555. The van der Waals surface area contributed by atoms with Gasteiger partial charge in [-0.05, 0) is 12.3 Å². The highest BCUT2D eigenvalue weighted by molar-refractivity contribution is 6.66. The summed E-state index contributed by atoms with van der Waals surface area (Å²) >= 11 is 51.0. The number of rotatable bonds is 0. The summed E-state index contributed by atoms with van der Waals surface area (Å²) in [6.45, 7) is 0. The van der Waals surface area contributed by atoms with Gasteiger partial charge in [-0.2, -0.15) is 0 Å². The van der Waals surface area contributed by atoms with Crippen molar-refractivity contribution in [1.82, 2.24) is 0 Å². The molecule has 2 unspecified atom stereocenters. The number of fused-ring (bicyclic) bond motifs is 5. The van der Waals surface area contributed by atoms with Crippen LogP contribution in [0.25, 0.3) is 0 Å². The van der Waals surface area contributed by atoms with Crippen molar-refractivity contribution in [3.63, 3.8) is 0 Å². The van der Waals surface area contributed by atoms with Gasteiger partial charge in [0.15, 0.2) is 4.33 Å². The molecule has 0 nitrogen and oxygen atoms in total. The molecule has 102 valence electrons. The highest BCUT2D eigenvalue weighted by Crippen LogP contribution is 2.79. The molecule has 0 heterocycles. The lowest BCUT2D eigenvalue weighted by Crippen LogP contribution is -2.47. The van der Waals surface area contributed by atoms with Crippen LogP contribution in [0.3, 0.4) is 0 Å². The van der Waals surface area contributed by atoms with E-state index in [2.05, 4.69) is 0 Å². The molecule has 3 aliphatic carbocycles. The largest absolute Gasteiger partial charge is 0.166 e. The van der Waals surface area contributed by atoms with E-state index >= 15 is 0 Å². The van der Waals surface area contributed by atoms with E-state index in [0.717, 1.165) is 0 Å². The first kappa shape index (κ1) is 15.0. The molecule has 6 atom stereocenters. The lowest BCUT2D eigenvalue weighted by atomic mass is 9.84. The summed E-state index contributed by atoms with van der Waals surface area (Å²) in [6, 6.07) is 0. The third-order valence-electron chi connectivity index (χ3n) is 4.32. The van der Waals surface area contributed by atoms with E-state index < -0.39 is 19.5 Å². The van der Waals surface area contributed by atoms with Crippen molar-refractivity contribution in [2.24, 2.45) is 11.8 Å². The second kappa shape index (κ2) is 4.07. The molecule has 0 saturated heterocycles. The van der Waals surface area contributed by atoms with Crippen molar-refractivity contribution in [2.75, 3.05) is 0 Å². The fourth-order valence-corrected chi connectivity index (χ4v) is 7.46. The maximum absolute atomic E-state index is 6.62. The predicted molar refractivity (Wildman–Crippen MR) is 81.2 cm³/mol. The zero-order chi connectivity index (χ0) is 13.7. The van der Waals surface area contributed by atoms with E-state index in [1.54, 1.807) is 0 Å². The molecule has 2 saturated carbocycles. The van der Waals surface area contributed by atoms with Gasteiger partial charge >= 0.3 is 0 Å². The minimum absolute atomic E-state index is 0.184. The Morgan fingerprint density at radius 2 is 1.39 bits per heavy atom. The molecule has 0 aromatic heterocycles. The van der Waals surface area contributed by atoms with Gasteiger partial charge in [-0.1, -0.05) is 46.4 Å². The standard InChI is InChI=1S/C10H6Cl8/c11-3-1-2-4(5(3)12)9(16)7(14)6(13)8(2,15)10(9,17)18/h2-5H,1H2/t2-,3?,4-,5-,8?,9-/m0/s1. The molecular formula is C10H6Cl8. The van der Waals surface area contributed by atoms with E-state index in [-0.39, 0.29) is 27.3 Å². The van der Waals surface area contributed by atoms with Gasteiger partial charge in [-0.3, -0.25) is 0 Å². The molecule has 0 radical (unpaired) electrons. The van der Waals surface area contributed by atoms with Crippen molar-refractivity contribution < 1.29 is 0 Å². The summed E-state index contributed by atoms with van der Waals surface area (Å²) < 4.78 is -1.50. The fraction of sp³-hybridized carbons (Fsp3) is 0.800. The minimum Gasteiger partial charge on any atom is -0.121 e. The first-order valence-corrected chi connectivity index (χ1v) is 8.35. The Labute approximate surface area is 145 Å². The van der Waals surface area contributed by atoms with Gasteiger partial charge in [-0.25, -0.2) is 0 Å². The first-order chi connectivity index (χ1) is 8.11. The molecule has 3 rings (SSSR count). The predicted octanol–water partition coefficient (Wildman–Crippen LogP) is 5.68. The normalized spacial score (nSPS) is 57.3. The molecule has 0 aromatic carbocycles. The number of hydrogen-bond donors (Lipinski definition) is 0. The quantitative estimate of drug-likeness (QED) is 0.451. The van der Waals surface area contributed by atoms with Crippen LogP contribution in [0.2, 0.25) is 0 Å². The van der Waals surface area contributed by atoms with E-state index in [9.17, 15) is 0 Å². The Hall–Kier alpha value is 2.06. The van der Waals surface area contributed by atoms with Crippen LogP contribution < -0.4 is 0 Å². The maximum atomic E-state index is 6.62. The van der Waals surface area contributed by atoms with Crippen molar-refractivity contribution in [2.45, 2.75) is 31.3 Å². The third kappa shape index (κ3) is 1.28. The van der Waals surface area contributed by atoms with E-state index in [4.69, 9.17) is 92.8 Å². The van der Waals surface area contributed by atoms with Crippen LogP contribution in [0.5, 0.6) is 0 Å². The topological polar surface area (TPSA) is 0 Å². The third-order valence-corrected chi connectivity index (χ3v) is 9.79. The van der Waals surface area contributed by atoms with Gasteiger partial charge in [0.2, 0.25) is 0 Å². The molecule has 0 amide bonds. The van der Waals surface area contributed by atoms with E-state index in [0.29, 0.717) is 6.42 Å². The number of alkyl halides is 6. The van der Waals surface area contributed by atoms with Gasteiger partial charge in [0.1, 0.15) is 9.75 Å². The average Bonchev–Trinajstić information content (AvgIpc) is 2.69. The van der Waals surface area contributed by atoms with Crippen molar-refractivity contribution in [3.8, 4) is 0 Å². The second-order valence-electron chi connectivity index (χ2n) is 4.95. The Balaban J connectivity index is 2.26. The van der Waals surface area contributed by atoms with Gasteiger partial charge in [0, 0.05) is 5.92 Å². The van der Waals surface area contributed by atoms with Crippen molar-refractivity contribution in [1.29, 1.82) is 0 Å². The fourth-order valence-electron chi connectivity index (χ4n) is 3.48. The van der Waals surface area contributed by atoms with Crippen LogP contribution >= 0.6 is 92.8 Å². The summed E-state index contributed by atoms with van der Waals surface area (Å²) in [4.78, 5) is -2.50. The molecule has 3 aliphatic rings. The van der Waals surface area contributed by atoms with Crippen LogP contribution in [-0.4, -0.2) is 24.8 Å². The monoisotopic (exact) mass is 406 g/mol. The van der Waals surface area contributed by atoms with Crippen LogP contribution in [0.4, 0.5) is 0 Å². The summed E-state index contributed by atoms with van der Waals surface area (Å²) in [5, 5.41) is -0.259. The Kier molecular flexibility index (Phi) is 3.39. The van der Waals surface area contributed by atoms with E-state index in [1.165, 1.54) is 0 Å². The molecule has 0 aromatic rings. The molecule has 2 fully saturated rings. The van der Waals surface area contributed by atoms with Gasteiger partial charge in [0.05, 0.1) is 20.8 Å². The van der Waals surface area contributed by atoms with Gasteiger partial charge in [0.25, 0.3) is 0 Å². The van der Waals surface area contributed by atoms with Crippen molar-refractivity contribution >= 4 is 92.8 Å². The highest BCUT2D eigenvalue weighted by Gasteiger charge is 2.84. The Morgan fingerprint density at radius 3 is 1.94 bits per heavy atom. The number of allylic oxidation sites excluding steroid dienone is 2. The van der Waals surface area contributed by atoms with Gasteiger partial charge in [-0.15, -0.1) is 46.4 Å². The van der Waals surface area contributed by atoms with Crippen LogP contribution in [0.15, 0.2) is 10.1 Å². The first-order valence-electron chi connectivity index (χ1n) is 5.21. The van der Waals surface area contributed by atoms with Gasteiger partial charge < -0.3 is 0 Å². The SMILES string of the molecule is ClC1=C(Cl)[C@@]2(Cl)[C@@H]3[C@@H](Cl)C(Cl)C[C@@H]3C1(Cl)C2(Cl)Cl. The number of hydrogen-bond acceptors (Lipinski definition) is 0. The summed E-state index contributed by atoms with van der Waals surface area (Å²) in [7, 11) is 0. The molecule has 0 spiro atoms. The molecule has 2 bridgehead atoms. The molecule has 18 heavy (non-hydrogen) atoms. The zero-order valence-corrected chi connectivity index (χ0v) is 14.6. The Bertz CT molecular complexity index is 459. The van der Waals surface area contributed by atoms with Crippen LogP contribution in [0, 0.1) is 11.8 Å². The maximum Gasteiger partial charge on any atom is 0.166 e. The summed E-state index contributed by atoms with van der Waals surface area (Å²) in [5.74, 6) is -0.488. The Morgan fingerprint density at radius 1 is 0.889 bits per heavy atom. The van der Waals surface area contributed by atoms with Crippen LogP contribution in [-0.2, 0) is 0 Å². The lowest BCUT2D eigenvalue weighted by Gasteiger charge is -2.35. The minimum atomic E-state index is -1.50. The highest BCUT2D eigenvalue weighted by atomic mass is 35.5.